The minimum absolute atomic E-state index is 0.0710. The zero-order valence-corrected chi connectivity index (χ0v) is 11.6. The van der Waals surface area contributed by atoms with Gasteiger partial charge in [0.05, 0.1) is 4.88 Å². The van der Waals surface area contributed by atoms with Gasteiger partial charge >= 0.3 is 0 Å². The van der Waals surface area contributed by atoms with Crippen molar-refractivity contribution in [1.82, 2.24) is 10.2 Å². The number of piperidine rings is 1. The highest BCUT2D eigenvalue weighted by molar-refractivity contribution is 7.12. The van der Waals surface area contributed by atoms with Crippen LogP contribution in [0.25, 0.3) is 0 Å². The maximum Gasteiger partial charge on any atom is 0.261 e. The van der Waals surface area contributed by atoms with Crippen molar-refractivity contribution in [3.8, 4) is 0 Å². The highest BCUT2D eigenvalue weighted by Gasteiger charge is 2.20. The Morgan fingerprint density at radius 2 is 2.37 bits per heavy atom. The van der Waals surface area contributed by atoms with E-state index < -0.39 is 0 Å². The summed E-state index contributed by atoms with van der Waals surface area (Å²) in [5.74, 6) is -0.0419. The standard InChI is InChI=1S/C13H19N3O2S/c14-10-3-1-7-16(9-10)12(17)5-6-15-13(18)11-4-2-8-19-11/h2,4,8,10H,1,3,5-7,9,14H2,(H,15,18). The van der Waals surface area contributed by atoms with Crippen LogP contribution in [-0.4, -0.2) is 42.4 Å². The van der Waals surface area contributed by atoms with Crippen LogP contribution in [0, 0.1) is 0 Å². The number of carbonyl (C=O) groups is 2. The number of hydrogen-bond acceptors (Lipinski definition) is 4. The van der Waals surface area contributed by atoms with Crippen molar-refractivity contribution in [2.75, 3.05) is 19.6 Å². The van der Waals surface area contributed by atoms with Gasteiger partial charge in [-0.3, -0.25) is 9.59 Å². The molecule has 0 radical (unpaired) electrons. The summed E-state index contributed by atoms with van der Waals surface area (Å²) in [7, 11) is 0. The van der Waals surface area contributed by atoms with E-state index in [-0.39, 0.29) is 17.9 Å². The Morgan fingerprint density at radius 3 is 3.05 bits per heavy atom. The van der Waals surface area contributed by atoms with E-state index in [9.17, 15) is 9.59 Å². The average molecular weight is 281 g/mol. The summed E-state index contributed by atoms with van der Waals surface area (Å²) in [6.45, 7) is 1.80. The summed E-state index contributed by atoms with van der Waals surface area (Å²) in [5.41, 5.74) is 5.84. The van der Waals surface area contributed by atoms with Crippen LogP contribution in [0.3, 0.4) is 0 Å². The normalized spacial score (nSPS) is 19.2. The number of amides is 2. The number of hydrogen-bond donors (Lipinski definition) is 2. The lowest BCUT2D eigenvalue weighted by Gasteiger charge is -2.30. The second kappa shape index (κ2) is 6.68. The van der Waals surface area contributed by atoms with E-state index in [0.29, 0.717) is 24.4 Å². The molecule has 0 bridgehead atoms. The van der Waals surface area contributed by atoms with Crippen molar-refractivity contribution in [3.63, 3.8) is 0 Å². The van der Waals surface area contributed by atoms with E-state index >= 15 is 0 Å². The van der Waals surface area contributed by atoms with Gasteiger partial charge in [-0.1, -0.05) is 6.07 Å². The number of nitrogens with zero attached hydrogens (tertiary/aromatic N) is 1. The van der Waals surface area contributed by atoms with Crippen LogP contribution in [-0.2, 0) is 4.79 Å². The molecule has 1 aliphatic heterocycles. The summed E-state index contributed by atoms with van der Waals surface area (Å²) in [6.07, 6.45) is 2.29. The van der Waals surface area contributed by atoms with E-state index in [1.54, 1.807) is 11.0 Å². The summed E-state index contributed by atoms with van der Waals surface area (Å²) in [6, 6.07) is 3.70. The number of rotatable bonds is 4. The van der Waals surface area contributed by atoms with Crippen LogP contribution in [0.1, 0.15) is 28.9 Å². The van der Waals surface area contributed by atoms with E-state index in [4.69, 9.17) is 5.73 Å². The van der Waals surface area contributed by atoms with Gasteiger partial charge in [0.25, 0.3) is 5.91 Å². The van der Waals surface area contributed by atoms with Crippen molar-refractivity contribution in [2.24, 2.45) is 5.73 Å². The molecule has 1 aromatic rings. The molecule has 0 aliphatic carbocycles. The van der Waals surface area contributed by atoms with Gasteiger partial charge in [-0.2, -0.15) is 0 Å². The Morgan fingerprint density at radius 1 is 1.53 bits per heavy atom. The first-order valence-corrected chi connectivity index (χ1v) is 7.40. The molecule has 2 heterocycles. The molecule has 1 aromatic heterocycles. The minimum atomic E-state index is -0.113. The van der Waals surface area contributed by atoms with Crippen molar-refractivity contribution >= 4 is 23.2 Å². The highest BCUT2D eigenvalue weighted by atomic mass is 32.1. The molecule has 104 valence electrons. The first kappa shape index (κ1) is 14.0. The number of nitrogens with two attached hydrogens (primary N) is 1. The molecule has 1 unspecified atom stereocenters. The van der Waals surface area contributed by atoms with Crippen molar-refractivity contribution in [3.05, 3.63) is 22.4 Å². The van der Waals surface area contributed by atoms with Crippen LogP contribution < -0.4 is 11.1 Å². The van der Waals surface area contributed by atoms with Crippen LogP contribution in [0.5, 0.6) is 0 Å². The molecule has 6 heteroatoms. The minimum Gasteiger partial charge on any atom is -0.351 e. The van der Waals surface area contributed by atoms with Crippen LogP contribution >= 0.6 is 11.3 Å². The molecule has 1 aliphatic rings. The molecular weight excluding hydrogens is 262 g/mol. The van der Waals surface area contributed by atoms with Gasteiger partial charge in [-0.05, 0) is 24.3 Å². The summed E-state index contributed by atoms with van der Waals surface area (Å²) in [5, 5.41) is 4.62. The number of thiophene rings is 1. The first-order chi connectivity index (χ1) is 9.16. The fourth-order valence-corrected chi connectivity index (χ4v) is 2.81. The molecule has 5 nitrogen and oxygen atoms in total. The first-order valence-electron chi connectivity index (χ1n) is 6.52. The summed E-state index contributed by atoms with van der Waals surface area (Å²) < 4.78 is 0. The Labute approximate surface area is 116 Å². The van der Waals surface area contributed by atoms with E-state index in [1.165, 1.54) is 11.3 Å². The van der Waals surface area contributed by atoms with Gasteiger partial charge in [0, 0.05) is 32.1 Å². The van der Waals surface area contributed by atoms with Gasteiger partial charge in [0.2, 0.25) is 5.91 Å². The molecule has 1 fully saturated rings. The zero-order valence-electron chi connectivity index (χ0n) is 10.8. The summed E-state index contributed by atoms with van der Waals surface area (Å²) >= 11 is 1.39. The molecule has 0 saturated carbocycles. The van der Waals surface area contributed by atoms with E-state index in [1.807, 2.05) is 11.4 Å². The van der Waals surface area contributed by atoms with Gasteiger partial charge in [0.15, 0.2) is 0 Å². The van der Waals surface area contributed by atoms with Crippen LogP contribution in [0.2, 0.25) is 0 Å². The molecule has 2 rings (SSSR count). The molecule has 1 saturated heterocycles. The Balaban J connectivity index is 1.70. The SMILES string of the molecule is NC1CCCN(C(=O)CCNC(=O)c2cccs2)C1. The molecule has 0 aromatic carbocycles. The molecule has 19 heavy (non-hydrogen) atoms. The van der Waals surface area contributed by atoms with Gasteiger partial charge < -0.3 is 16.0 Å². The van der Waals surface area contributed by atoms with Crippen molar-refractivity contribution in [1.29, 1.82) is 0 Å². The lowest BCUT2D eigenvalue weighted by molar-refractivity contribution is -0.132. The monoisotopic (exact) mass is 281 g/mol. The highest BCUT2D eigenvalue weighted by Crippen LogP contribution is 2.10. The smallest absolute Gasteiger partial charge is 0.261 e. The second-order valence-corrected chi connectivity index (χ2v) is 5.67. The predicted octanol–water partition coefficient (Wildman–Crippen LogP) is 0.818. The largest absolute Gasteiger partial charge is 0.351 e. The van der Waals surface area contributed by atoms with E-state index in [0.717, 1.165) is 19.4 Å². The fourth-order valence-electron chi connectivity index (χ4n) is 2.17. The molecule has 1 atom stereocenters. The third kappa shape index (κ3) is 4.04. The summed E-state index contributed by atoms with van der Waals surface area (Å²) in [4.78, 5) is 26.1. The molecule has 3 N–H and O–H groups in total. The Kier molecular flexibility index (Phi) is 4.93. The van der Waals surface area contributed by atoms with Crippen molar-refractivity contribution < 1.29 is 9.59 Å². The maximum atomic E-state index is 11.9. The average Bonchev–Trinajstić information content (AvgIpc) is 2.92. The van der Waals surface area contributed by atoms with Gasteiger partial charge in [0.1, 0.15) is 0 Å². The Bertz CT molecular complexity index is 433. The number of carbonyl (C=O) groups excluding carboxylic acids is 2. The van der Waals surface area contributed by atoms with Crippen LogP contribution in [0.4, 0.5) is 0 Å². The lowest BCUT2D eigenvalue weighted by atomic mass is 10.1. The van der Waals surface area contributed by atoms with Crippen LogP contribution in [0.15, 0.2) is 17.5 Å². The van der Waals surface area contributed by atoms with E-state index in [2.05, 4.69) is 5.32 Å². The quantitative estimate of drug-likeness (QED) is 0.858. The molecule has 0 spiro atoms. The molecular formula is C13H19N3O2S. The number of likely N-dealkylation sites (tertiary alicyclic amines) is 1. The predicted molar refractivity (Wildman–Crippen MR) is 75.1 cm³/mol. The lowest BCUT2D eigenvalue weighted by Crippen LogP contribution is -2.46. The third-order valence-electron chi connectivity index (χ3n) is 3.18. The maximum absolute atomic E-state index is 11.9. The second-order valence-electron chi connectivity index (χ2n) is 4.73. The zero-order chi connectivity index (χ0) is 13.7. The van der Waals surface area contributed by atoms with Gasteiger partial charge in [-0.15, -0.1) is 11.3 Å². The number of nitrogens with one attached hydrogen (secondary N) is 1. The van der Waals surface area contributed by atoms with Crippen molar-refractivity contribution in [2.45, 2.75) is 25.3 Å². The topological polar surface area (TPSA) is 75.4 Å². The molecule has 2 amide bonds. The Hall–Kier alpha value is -1.40. The fraction of sp³-hybridized carbons (Fsp3) is 0.538. The third-order valence-corrected chi connectivity index (χ3v) is 4.05. The van der Waals surface area contributed by atoms with Gasteiger partial charge in [-0.25, -0.2) is 0 Å².